The number of unbranched alkanes of at least 4 members (excludes halogenated alkanes) is 3. The van der Waals surface area contributed by atoms with E-state index in [0.29, 0.717) is 17.9 Å². The van der Waals surface area contributed by atoms with Crippen LogP contribution in [0.1, 0.15) is 56.8 Å². The molecule has 2 aromatic rings. The lowest BCUT2D eigenvalue weighted by Crippen LogP contribution is -2.34. The van der Waals surface area contributed by atoms with Gasteiger partial charge < -0.3 is 14.8 Å². The molecule has 2 aromatic carbocycles. The van der Waals surface area contributed by atoms with Crippen molar-refractivity contribution in [3.05, 3.63) is 54.1 Å². The van der Waals surface area contributed by atoms with Crippen LogP contribution in [0.4, 0.5) is 5.69 Å². The van der Waals surface area contributed by atoms with Crippen molar-refractivity contribution >= 4 is 28.9 Å². The van der Waals surface area contributed by atoms with Gasteiger partial charge in [-0.1, -0.05) is 38.3 Å². The van der Waals surface area contributed by atoms with E-state index in [-0.39, 0.29) is 17.1 Å². The molecule has 0 aliphatic heterocycles. The summed E-state index contributed by atoms with van der Waals surface area (Å²) in [6.45, 7) is 6.76. The van der Waals surface area contributed by atoms with Crippen molar-refractivity contribution in [1.82, 2.24) is 5.32 Å². The quantitative estimate of drug-likeness (QED) is 0.394. The lowest BCUT2D eigenvalue weighted by atomic mass is 10.2. The number of benzene rings is 2. The molecule has 0 saturated heterocycles. The minimum atomic E-state index is -0.292. The van der Waals surface area contributed by atoms with Crippen LogP contribution in [0.5, 0.6) is 11.5 Å². The van der Waals surface area contributed by atoms with Gasteiger partial charge in [-0.2, -0.15) is 0 Å². The molecule has 0 fully saturated rings. The SMILES string of the molecule is CCCCCCOc1cccc(NC(=S)NC(=O)c2cccc(OC(C)C)c2)c1. The van der Waals surface area contributed by atoms with Crippen LogP contribution in [0.3, 0.4) is 0 Å². The molecule has 0 atom stereocenters. The highest BCUT2D eigenvalue weighted by atomic mass is 32.1. The minimum absolute atomic E-state index is 0.0391. The normalized spacial score (nSPS) is 10.5. The zero-order valence-corrected chi connectivity index (χ0v) is 18.2. The van der Waals surface area contributed by atoms with Crippen LogP contribution in [0, 0.1) is 0 Å². The minimum Gasteiger partial charge on any atom is -0.494 e. The molecule has 0 heterocycles. The molecule has 2 N–H and O–H groups in total. The maximum atomic E-state index is 12.5. The Labute approximate surface area is 178 Å². The van der Waals surface area contributed by atoms with E-state index in [1.54, 1.807) is 18.2 Å². The number of hydrogen-bond acceptors (Lipinski definition) is 4. The van der Waals surface area contributed by atoms with Crippen molar-refractivity contribution in [3.63, 3.8) is 0 Å². The molecule has 0 spiro atoms. The number of ether oxygens (including phenoxy) is 2. The van der Waals surface area contributed by atoms with Gasteiger partial charge in [0.1, 0.15) is 11.5 Å². The number of hydrogen-bond donors (Lipinski definition) is 2. The van der Waals surface area contributed by atoms with Gasteiger partial charge in [0, 0.05) is 17.3 Å². The predicted octanol–water partition coefficient (Wildman–Crippen LogP) is 5.56. The van der Waals surface area contributed by atoms with Crippen LogP contribution in [-0.2, 0) is 0 Å². The highest BCUT2D eigenvalue weighted by molar-refractivity contribution is 7.80. The van der Waals surface area contributed by atoms with Gasteiger partial charge in [0.15, 0.2) is 5.11 Å². The van der Waals surface area contributed by atoms with Gasteiger partial charge in [0.05, 0.1) is 12.7 Å². The monoisotopic (exact) mass is 414 g/mol. The van der Waals surface area contributed by atoms with Crippen LogP contribution in [0.2, 0.25) is 0 Å². The van der Waals surface area contributed by atoms with E-state index in [2.05, 4.69) is 17.6 Å². The number of nitrogens with one attached hydrogen (secondary N) is 2. The Balaban J connectivity index is 1.87. The molecule has 2 rings (SSSR count). The topological polar surface area (TPSA) is 59.6 Å². The summed E-state index contributed by atoms with van der Waals surface area (Å²) in [6, 6.07) is 14.6. The molecule has 0 aromatic heterocycles. The number of thiocarbonyl (C=S) groups is 1. The first-order chi connectivity index (χ1) is 14.0. The van der Waals surface area contributed by atoms with Crippen LogP contribution in [0.25, 0.3) is 0 Å². The van der Waals surface area contributed by atoms with Gasteiger partial charge in [-0.3, -0.25) is 10.1 Å². The van der Waals surface area contributed by atoms with E-state index >= 15 is 0 Å². The zero-order valence-electron chi connectivity index (χ0n) is 17.4. The van der Waals surface area contributed by atoms with Crippen molar-refractivity contribution < 1.29 is 14.3 Å². The van der Waals surface area contributed by atoms with Crippen LogP contribution < -0.4 is 20.1 Å². The lowest BCUT2D eigenvalue weighted by Gasteiger charge is -2.13. The average Bonchev–Trinajstić information content (AvgIpc) is 2.67. The molecule has 0 aliphatic carbocycles. The highest BCUT2D eigenvalue weighted by Crippen LogP contribution is 2.18. The lowest BCUT2D eigenvalue weighted by molar-refractivity contribution is 0.0977. The zero-order chi connectivity index (χ0) is 21.1. The van der Waals surface area contributed by atoms with E-state index in [1.807, 2.05) is 44.2 Å². The summed E-state index contributed by atoms with van der Waals surface area (Å²) >= 11 is 5.28. The van der Waals surface area contributed by atoms with E-state index < -0.39 is 0 Å². The molecule has 0 unspecified atom stereocenters. The largest absolute Gasteiger partial charge is 0.494 e. The summed E-state index contributed by atoms with van der Waals surface area (Å²) in [5.41, 5.74) is 1.25. The van der Waals surface area contributed by atoms with E-state index in [9.17, 15) is 4.79 Å². The molecule has 156 valence electrons. The van der Waals surface area contributed by atoms with Crippen molar-refractivity contribution in [2.45, 2.75) is 52.6 Å². The second kappa shape index (κ2) is 12.1. The summed E-state index contributed by atoms with van der Waals surface area (Å²) in [4.78, 5) is 12.5. The molecular formula is C23H30N2O3S. The molecule has 0 bridgehead atoms. The van der Waals surface area contributed by atoms with Crippen molar-refractivity contribution in [2.24, 2.45) is 0 Å². The van der Waals surface area contributed by atoms with E-state index in [0.717, 1.165) is 17.9 Å². The number of carbonyl (C=O) groups is 1. The fraction of sp³-hybridized carbons (Fsp3) is 0.391. The summed E-state index contributed by atoms with van der Waals surface area (Å²) < 4.78 is 11.4. The third kappa shape index (κ3) is 8.52. The maximum Gasteiger partial charge on any atom is 0.257 e. The van der Waals surface area contributed by atoms with Crippen molar-refractivity contribution in [1.29, 1.82) is 0 Å². The molecule has 0 saturated carbocycles. The second-order valence-electron chi connectivity index (χ2n) is 7.04. The molecule has 0 radical (unpaired) electrons. The molecule has 6 heteroatoms. The Morgan fingerprint density at radius 3 is 2.55 bits per heavy atom. The number of rotatable bonds is 10. The first-order valence-corrected chi connectivity index (χ1v) is 10.5. The molecule has 29 heavy (non-hydrogen) atoms. The van der Waals surface area contributed by atoms with E-state index in [1.165, 1.54) is 19.3 Å². The van der Waals surface area contributed by atoms with Crippen molar-refractivity contribution in [3.8, 4) is 11.5 Å². The number of anilines is 1. The third-order valence-corrected chi connectivity index (χ3v) is 4.26. The molecular weight excluding hydrogens is 384 g/mol. The van der Waals surface area contributed by atoms with Gasteiger partial charge >= 0.3 is 0 Å². The van der Waals surface area contributed by atoms with Gasteiger partial charge in [-0.15, -0.1) is 0 Å². The fourth-order valence-corrected chi connectivity index (χ4v) is 2.91. The molecule has 5 nitrogen and oxygen atoms in total. The summed E-state index contributed by atoms with van der Waals surface area (Å²) in [5, 5.41) is 5.95. The van der Waals surface area contributed by atoms with Gasteiger partial charge in [-0.05, 0) is 62.8 Å². The molecule has 1 amide bonds. The standard InChI is InChI=1S/C23H30N2O3S/c1-4-5-6-7-14-27-20-12-9-11-19(16-20)24-23(29)25-22(26)18-10-8-13-21(15-18)28-17(2)3/h8-13,15-17H,4-7,14H2,1-3H3,(H2,24,25,26,29). The average molecular weight is 415 g/mol. The summed E-state index contributed by atoms with van der Waals surface area (Å²) in [6.07, 6.45) is 4.69. The third-order valence-electron chi connectivity index (χ3n) is 4.05. The van der Waals surface area contributed by atoms with Gasteiger partial charge in [0.2, 0.25) is 0 Å². The number of amides is 1. The van der Waals surface area contributed by atoms with Gasteiger partial charge in [0.25, 0.3) is 5.91 Å². The van der Waals surface area contributed by atoms with Crippen molar-refractivity contribution in [2.75, 3.05) is 11.9 Å². The number of carbonyl (C=O) groups excluding carboxylic acids is 1. The Bertz CT molecular complexity index is 808. The Morgan fingerprint density at radius 2 is 1.79 bits per heavy atom. The highest BCUT2D eigenvalue weighted by Gasteiger charge is 2.10. The summed E-state index contributed by atoms with van der Waals surface area (Å²) in [5.74, 6) is 1.13. The van der Waals surface area contributed by atoms with Gasteiger partial charge in [-0.25, -0.2) is 0 Å². The fourth-order valence-electron chi connectivity index (χ4n) is 2.70. The molecule has 0 aliphatic rings. The van der Waals surface area contributed by atoms with E-state index in [4.69, 9.17) is 21.7 Å². The van der Waals surface area contributed by atoms with Crippen LogP contribution in [0.15, 0.2) is 48.5 Å². The smallest absolute Gasteiger partial charge is 0.257 e. The Kier molecular flexibility index (Phi) is 9.44. The van der Waals surface area contributed by atoms with Crippen LogP contribution >= 0.6 is 12.2 Å². The summed E-state index contributed by atoms with van der Waals surface area (Å²) in [7, 11) is 0. The first kappa shape index (κ1) is 22.7. The predicted molar refractivity (Wildman–Crippen MR) is 122 cm³/mol. The van der Waals surface area contributed by atoms with Crippen LogP contribution in [-0.4, -0.2) is 23.7 Å². The second-order valence-corrected chi connectivity index (χ2v) is 7.45. The Morgan fingerprint density at radius 1 is 1.03 bits per heavy atom. The Hall–Kier alpha value is -2.60. The maximum absolute atomic E-state index is 12.5. The first-order valence-electron chi connectivity index (χ1n) is 10.1.